The number of likely N-dealkylation sites (tertiary alicyclic amines) is 1. The number of nitrogens with zero attached hydrogens (tertiary/aromatic N) is 4. The van der Waals surface area contributed by atoms with E-state index in [4.69, 9.17) is 23.2 Å². The molecule has 9 heteroatoms. The molecule has 0 saturated carbocycles. The number of benzene rings is 1. The number of aromatic nitrogens is 3. The van der Waals surface area contributed by atoms with E-state index >= 15 is 0 Å². The first-order valence-corrected chi connectivity index (χ1v) is 12.1. The minimum atomic E-state index is -0.290. The van der Waals surface area contributed by atoms with Crippen molar-refractivity contribution in [3.05, 3.63) is 86.5 Å². The minimum Gasteiger partial charge on any atom is -0.305 e. The maximum absolute atomic E-state index is 12.7. The van der Waals surface area contributed by atoms with E-state index in [9.17, 15) is 4.79 Å². The van der Waals surface area contributed by atoms with Gasteiger partial charge in [-0.25, -0.2) is 15.0 Å². The second kappa shape index (κ2) is 11.2. The lowest BCUT2D eigenvalue weighted by Crippen LogP contribution is -2.33. The normalized spacial score (nSPS) is 15.1. The van der Waals surface area contributed by atoms with Gasteiger partial charge in [0.2, 0.25) is 0 Å². The summed E-state index contributed by atoms with van der Waals surface area (Å²) < 4.78 is 0.649. The molecule has 3 heterocycles. The molecule has 2 aromatic heterocycles. The van der Waals surface area contributed by atoms with Crippen LogP contribution < -0.4 is 5.32 Å². The first kappa shape index (κ1) is 23.8. The van der Waals surface area contributed by atoms with Gasteiger partial charge < -0.3 is 5.32 Å². The lowest BCUT2D eigenvalue weighted by Gasteiger charge is -2.31. The highest BCUT2D eigenvalue weighted by atomic mass is 79.9. The Morgan fingerprint density at radius 1 is 1.15 bits per heavy atom. The summed E-state index contributed by atoms with van der Waals surface area (Å²) in [4.78, 5) is 28.1. The van der Waals surface area contributed by atoms with E-state index in [0.29, 0.717) is 16.0 Å². The molecule has 0 radical (unpaired) electrons. The summed E-state index contributed by atoms with van der Waals surface area (Å²) in [5.74, 6) is 0.405. The Labute approximate surface area is 211 Å². The van der Waals surface area contributed by atoms with Crippen LogP contribution in [-0.4, -0.2) is 45.4 Å². The molecule has 1 amide bonds. The molecule has 1 fully saturated rings. The molecule has 1 aliphatic rings. The third-order valence-corrected chi connectivity index (χ3v) is 6.35. The lowest BCUT2D eigenvalue weighted by molar-refractivity contribution is 0.102. The summed E-state index contributed by atoms with van der Waals surface area (Å²) in [5.41, 5.74) is 2.36. The summed E-state index contributed by atoms with van der Waals surface area (Å²) in [6.45, 7) is 2.76. The molecule has 1 saturated heterocycles. The number of piperidine rings is 1. The van der Waals surface area contributed by atoms with E-state index in [1.807, 2.05) is 24.3 Å². The lowest BCUT2D eigenvalue weighted by atomic mass is 9.93. The molecular formula is C24H22BrCl2N5O. The Kier molecular flexibility index (Phi) is 8.09. The highest BCUT2D eigenvalue weighted by molar-refractivity contribution is 9.10. The maximum atomic E-state index is 12.7. The summed E-state index contributed by atoms with van der Waals surface area (Å²) in [6, 6.07) is 10.9. The van der Waals surface area contributed by atoms with E-state index in [1.165, 1.54) is 12.3 Å². The van der Waals surface area contributed by atoms with Crippen LogP contribution in [0.2, 0.25) is 10.2 Å². The summed E-state index contributed by atoms with van der Waals surface area (Å²) >= 11 is 15.3. The molecule has 0 atom stereocenters. The molecule has 0 aliphatic carbocycles. The summed E-state index contributed by atoms with van der Waals surface area (Å²) in [5, 5.41) is 3.90. The van der Waals surface area contributed by atoms with Crippen LogP contribution in [-0.2, 0) is 0 Å². The molecule has 4 rings (SSSR count). The zero-order valence-corrected chi connectivity index (χ0v) is 20.8. The molecule has 6 nitrogen and oxygen atoms in total. The van der Waals surface area contributed by atoms with Crippen molar-refractivity contribution in [3.63, 3.8) is 0 Å². The first-order valence-electron chi connectivity index (χ1n) is 10.6. The first-order chi connectivity index (χ1) is 16.0. The van der Waals surface area contributed by atoms with Crippen LogP contribution >= 0.6 is 39.1 Å². The van der Waals surface area contributed by atoms with Crippen LogP contribution in [0.15, 0.2) is 59.5 Å². The standard InChI is InChI=1S/C24H22BrCl2N5O/c25-20-15-29-23(31-24(33)18-7-10-28-21(27)14-18)22(30-20)17-8-12-32(13-9-17)11-1-2-16-3-5-19(26)6-4-16/h1-7,10,14-15,17H,8-9,11-13H2,(H,29,31,33). The molecular weight excluding hydrogens is 525 g/mol. The number of amides is 1. The van der Waals surface area contributed by atoms with Gasteiger partial charge in [0, 0.05) is 29.2 Å². The Bertz CT molecular complexity index is 1150. The number of hydrogen-bond acceptors (Lipinski definition) is 5. The van der Waals surface area contributed by atoms with Crippen LogP contribution in [0.3, 0.4) is 0 Å². The van der Waals surface area contributed by atoms with E-state index in [0.717, 1.165) is 48.8 Å². The Hall–Kier alpha value is -2.32. The van der Waals surface area contributed by atoms with Crippen molar-refractivity contribution in [2.24, 2.45) is 0 Å². The Morgan fingerprint density at radius 3 is 2.64 bits per heavy atom. The monoisotopic (exact) mass is 545 g/mol. The van der Waals surface area contributed by atoms with Crippen LogP contribution in [0.4, 0.5) is 5.82 Å². The summed E-state index contributed by atoms with van der Waals surface area (Å²) in [7, 11) is 0. The van der Waals surface area contributed by atoms with Crippen LogP contribution in [0.5, 0.6) is 0 Å². The van der Waals surface area contributed by atoms with E-state index in [2.05, 4.69) is 53.3 Å². The van der Waals surface area contributed by atoms with E-state index in [1.54, 1.807) is 12.3 Å². The van der Waals surface area contributed by atoms with Gasteiger partial charge in [0.05, 0.1) is 11.9 Å². The molecule has 170 valence electrons. The fourth-order valence-corrected chi connectivity index (χ4v) is 4.38. The van der Waals surface area contributed by atoms with Gasteiger partial charge in [-0.05, 0) is 71.7 Å². The van der Waals surface area contributed by atoms with Gasteiger partial charge >= 0.3 is 0 Å². The zero-order valence-electron chi connectivity index (χ0n) is 17.7. The van der Waals surface area contributed by atoms with Crippen LogP contribution in [0.25, 0.3) is 6.08 Å². The van der Waals surface area contributed by atoms with Crippen molar-refractivity contribution in [1.29, 1.82) is 0 Å². The predicted octanol–water partition coefficient (Wildman–Crippen LogP) is 6.09. The fraction of sp³-hybridized carbons (Fsp3) is 0.250. The summed E-state index contributed by atoms with van der Waals surface area (Å²) in [6.07, 6.45) is 9.25. The van der Waals surface area contributed by atoms with Gasteiger partial charge in [-0.15, -0.1) is 0 Å². The average molecular weight is 547 g/mol. The highest BCUT2D eigenvalue weighted by Crippen LogP contribution is 2.31. The predicted molar refractivity (Wildman–Crippen MR) is 136 cm³/mol. The molecule has 33 heavy (non-hydrogen) atoms. The van der Waals surface area contributed by atoms with Gasteiger partial charge in [-0.3, -0.25) is 9.69 Å². The second-order valence-electron chi connectivity index (χ2n) is 7.78. The third kappa shape index (κ3) is 6.60. The molecule has 0 bridgehead atoms. The Morgan fingerprint density at radius 2 is 1.91 bits per heavy atom. The topological polar surface area (TPSA) is 71.0 Å². The minimum absolute atomic E-state index is 0.211. The number of halogens is 3. The highest BCUT2D eigenvalue weighted by Gasteiger charge is 2.25. The van der Waals surface area contributed by atoms with Crippen molar-refractivity contribution >= 4 is 56.9 Å². The molecule has 0 spiro atoms. The fourth-order valence-electron chi connectivity index (χ4n) is 3.79. The number of carbonyl (C=O) groups excluding carboxylic acids is 1. The smallest absolute Gasteiger partial charge is 0.257 e. The van der Waals surface area contributed by atoms with Gasteiger partial charge in [-0.1, -0.05) is 47.5 Å². The number of nitrogens with one attached hydrogen (secondary N) is 1. The number of carbonyl (C=O) groups is 1. The van der Waals surface area contributed by atoms with Crippen molar-refractivity contribution in [3.8, 4) is 0 Å². The second-order valence-corrected chi connectivity index (χ2v) is 9.41. The van der Waals surface area contributed by atoms with Crippen molar-refractivity contribution in [2.75, 3.05) is 25.0 Å². The van der Waals surface area contributed by atoms with Crippen molar-refractivity contribution in [2.45, 2.75) is 18.8 Å². The van der Waals surface area contributed by atoms with Crippen LogP contribution in [0.1, 0.15) is 40.4 Å². The molecule has 1 aromatic carbocycles. The molecule has 0 unspecified atom stereocenters. The van der Waals surface area contributed by atoms with Crippen molar-refractivity contribution < 1.29 is 4.79 Å². The maximum Gasteiger partial charge on any atom is 0.257 e. The number of hydrogen-bond donors (Lipinski definition) is 1. The zero-order chi connectivity index (χ0) is 23.2. The molecule has 1 aliphatic heterocycles. The largest absolute Gasteiger partial charge is 0.305 e. The van der Waals surface area contributed by atoms with Gasteiger partial charge in [0.25, 0.3) is 5.91 Å². The average Bonchev–Trinajstić information content (AvgIpc) is 2.82. The van der Waals surface area contributed by atoms with E-state index < -0.39 is 0 Å². The number of pyridine rings is 1. The third-order valence-electron chi connectivity index (χ3n) is 5.51. The quantitative estimate of drug-likeness (QED) is 0.379. The number of anilines is 1. The van der Waals surface area contributed by atoms with Crippen LogP contribution in [0, 0.1) is 0 Å². The van der Waals surface area contributed by atoms with Crippen molar-refractivity contribution in [1.82, 2.24) is 19.9 Å². The van der Waals surface area contributed by atoms with Gasteiger partial charge in [0.15, 0.2) is 5.82 Å². The van der Waals surface area contributed by atoms with Gasteiger partial charge in [0.1, 0.15) is 9.76 Å². The van der Waals surface area contributed by atoms with E-state index in [-0.39, 0.29) is 17.0 Å². The molecule has 1 N–H and O–H groups in total. The Balaban J connectivity index is 1.38. The van der Waals surface area contributed by atoms with Gasteiger partial charge in [-0.2, -0.15) is 0 Å². The SMILES string of the molecule is O=C(Nc1ncc(Br)nc1C1CCN(CC=Cc2ccc(Cl)cc2)CC1)c1ccnc(Cl)c1. The number of rotatable bonds is 6. The molecule has 3 aromatic rings.